The number of rotatable bonds is 6. The van der Waals surface area contributed by atoms with E-state index < -0.39 is 12.0 Å². The van der Waals surface area contributed by atoms with E-state index in [1.54, 1.807) is 0 Å². The maximum Gasteiger partial charge on any atom is 0.311 e. The molecule has 2 unspecified atom stereocenters. The van der Waals surface area contributed by atoms with E-state index >= 15 is 0 Å². The number of carbonyl (C=O) groups excluding carboxylic acids is 1. The van der Waals surface area contributed by atoms with E-state index in [-0.39, 0.29) is 5.97 Å². The fourth-order valence-electron chi connectivity index (χ4n) is 2.35. The number of hydrogen-bond acceptors (Lipinski definition) is 3. The van der Waals surface area contributed by atoms with Gasteiger partial charge in [-0.25, -0.2) is 0 Å². The second kappa shape index (κ2) is 7.29. The van der Waals surface area contributed by atoms with E-state index in [2.05, 4.69) is 6.92 Å². The molecular weight excluding hydrogens is 240 g/mol. The Hall–Kier alpha value is -1.35. The Labute approximate surface area is 115 Å². The maximum absolute atomic E-state index is 11.8. The largest absolute Gasteiger partial charge is 0.469 e. The van der Waals surface area contributed by atoms with Crippen molar-refractivity contribution in [3.8, 4) is 0 Å². The Morgan fingerprint density at radius 1 is 1.37 bits per heavy atom. The predicted octanol–water partition coefficient (Wildman–Crippen LogP) is 3.32. The number of esters is 1. The minimum atomic E-state index is -0.792. The Kier molecular flexibility index (Phi) is 6.03. The number of aliphatic hydroxyl groups excluding tert-OH is 1. The van der Waals surface area contributed by atoms with Gasteiger partial charge in [-0.05, 0) is 31.4 Å². The van der Waals surface area contributed by atoms with E-state index in [9.17, 15) is 9.90 Å². The average molecular weight is 264 g/mol. The second-order valence-electron chi connectivity index (χ2n) is 5.08. The molecule has 1 N–H and O–H groups in total. The molecule has 0 spiro atoms. The van der Waals surface area contributed by atoms with Crippen molar-refractivity contribution in [2.75, 3.05) is 7.11 Å². The molecule has 106 valence electrons. The molecule has 1 aromatic rings. The number of aliphatic hydroxyl groups is 1. The molecule has 0 saturated heterocycles. The summed E-state index contributed by atoms with van der Waals surface area (Å²) >= 11 is 0. The third-order valence-corrected chi connectivity index (χ3v) is 3.50. The van der Waals surface area contributed by atoms with Crippen molar-refractivity contribution in [2.24, 2.45) is 5.92 Å². The molecule has 0 bridgehead atoms. The summed E-state index contributed by atoms with van der Waals surface area (Å²) in [6.07, 6.45) is 1.76. The van der Waals surface area contributed by atoms with Crippen LogP contribution in [0.2, 0.25) is 0 Å². The van der Waals surface area contributed by atoms with Crippen LogP contribution in [-0.2, 0) is 9.53 Å². The van der Waals surface area contributed by atoms with Crippen molar-refractivity contribution in [3.05, 3.63) is 34.9 Å². The van der Waals surface area contributed by atoms with Crippen LogP contribution in [0.25, 0.3) is 0 Å². The van der Waals surface area contributed by atoms with Crippen LogP contribution in [-0.4, -0.2) is 18.2 Å². The number of benzene rings is 1. The number of aryl methyl sites for hydroxylation is 2. The summed E-state index contributed by atoms with van der Waals surface area (Å²) in [5, 5.41) is 10.5. The van der Waals surface area contributed by atoms with Crippen molar-refractivity contribution in [1.29, 1.82) is 0 Å². The van der Waals surface area contributed by atoms with E-state index in [0.29, 0.717) is 6.42 Å². The highest BCUT2D eigenvalue weighted by molar-refractivity contribution is 5.73. The summed E-state index contributed by atoms with van der Waals surface area (Å²) in [6, 6.07) is 5.88. The van der Waals surface area contributed by atoms with Crippen molar-refractivity contribution < 1.29 is 14.6 Å². The number of methoxy groups -OCH3 is 1. The Morgan fingerprint density at radius 3 is 2.58 bits per heavy atom. The molecule has 0 saturated carbocycles. The zero-order valence-electron chi connectivity index (χ0n) is 12.3. The Bertz CT molecular complexity index is 426. The van der Waals surface area contributed by atoms with Gasteiger partial charge in [-0.3, -0.25) is 4.79 Å². The molecule has 0 aliphatic heterocycles. The van der Waals surface area contributed by atoms with Gasteiger partial charge in [-0.2, -0.15) is 0 Å². The van der Waals surface area contributed by atoms with E-state index in [1.807, 2.05) is 32.0 Å². The molecule has 3 heteroatoms. The summed E-state index contributed by atoms with van der Waals surface area (Å²) in [6.45, 7) is 6.04. The van der Waals surface area contributed by atoms with Gasteiger partial charge in [0.25, 0.3) is 0 Å². The fourth-order valence-corrected chi connectivity index (χ4v) is 2.35. The molecule has 3 nitrogen and oxygen atoms in total. The first kappa shape index (κ1) is 15.7. The molecular formula is C16H24O3. The lowest BCUT2D eigenvalue weighted by Crippen LogP contribution is -2.24. The van der Waals surface area contributed by atoms with Crippen molar-refractivity contribution in [2.45, 2.75) is 46.1 Å². The first-order valence-corrected chi connectivity index (χ1v) is 6.84. The zero-order chi connectivity index (χ0) is 14.4. The summed E-state index contributed by atoms with van der Waals surface area (Å²) in [5.74, 6) is -0.813. The number of unbranched alkanes of at least 4 members (excludes halogenated alkanes) is 1. The SMILES string of the molecule is CCCCC(C(=O)OC)C(O)c1ccc(C)cc1C. The van der Waals surface area contributed by atoms with Crippen LogP contribution in [0.4, 0.5) is 0 Å². The number of hydrogen-bond donors (Lipinski definition) is 1. The van der Waals surface area contributed by atoms with Crippen LogP contribution in [0.15, 0.2) is 18.2 Å². The lowest BCUT2D eigenvalue weighted by atomic mass is 9.88. The lowest BCUT2D eigenvalue weighted by molar-refractivity contribution is -0.150. The monoisotopic (exact) mass is 264 g/mol. The molecule has 2 atom stereocenters. The van der Waals surface area contributed by atoms with Gasteiger partial charge in [-0.1, -0.05) is 43.5 Å². The van der Waals surface area contributed by atoms with Gasteiger partial charge >= 0.3 is 5.97 Å². The molecule has 0 radical (unpaired) electrons. The molecule has 0 amide bonds. The van der Waals surface area contributed by atoms with Crippen LogP contribution in [0.5, 0.6) is 0 Å². The van der Waals surface area contributed by atoms with Gasteiger partial charge in [0.1, 0.15) is 0 Å². The van der Waals surface area contributed by atoms with Crippen molar-refractivity contribution in [3.63, 3.8) is 0 Å². The third-order valence-electron chi connectivity index (χ3n) is 3.50. The molecule has 1 rings (SSSR count). The minimum Gasteiger partial charge on any atom is -0.469 e. The standard InChI is InChI=1S/C16H24O3/c1-5-6-7-14(16(18)19-4)15(17)13-9-8-11(2)10-12(13)3/h8-10,14-15,17H,5-7H2,1-4H3. The normalized spacial score (nSPS) is 13.9. The summed E-state index contributed by atoms with van der Waals surface area (Å²) in [4.78, 5) is 11.8. The molecule has 0 aromatic heterocycles. The van der Waals surface area contributed by atoms with Gasteiger partial charge in [0.2, 0.25) is 0 Å². The van der Waals surface area contributed by atoms with Crippen LogP contribution >= 0.6 is 0 Å². The van der Waals surface area contributed by atoms with E-state index in [0.717, 1.165) is 29.5 Å². The molecule has 0 aliphatic rings. The molecule has 0 fully saturated rings. The smallest absolute Gasteiger partial charge is 0.311 e. The summed E-state index contributed by atoms with van der Waals surface area (Å²) in [7, 11) is 1.37. The summed E-state index contributed by atoms with van der Waals surface area (Å²) < 4.78 is 4.82. The van der Waals surface area contributed by atoms with E-state index in [1.165, 1.54) is 7.11 Å². The van der Waals surface area contributed by atoms with Crippen molar-refractivity contribution >= 4 is 5.97 Å². The molecule has 0 heterocycles. The molecule has 1 aromatic carbocycles. The summed E-state index contributed by atoms with van der Waals surface area (Å²) in [5.41, 5.74) is 2.98. The lowest BCUT2D eigenvalue weighted by Gasteiger charge is -2.22. The van der Waals surface area contributed by atoms with Gasteiger partial charge in [0, 0.05) is 0 Å². The van der Waals surface area contributed by atoms with Crippen LogP contribution in [0.1, 0.15) is 49.0 Å². The first-order valence-electron chi connectivity index (χ1n) is 6.84. The number of carbonyl (C=O) groups is 1. The van der Waals surface area contributed by atoms with E-state index in [4.69, 9.17) is 4.74 Å². The van der Waals surface area contributed by atoms with Gasteiger partial charge < -0.3 is 9.84 Å². The highest BCUT2D eigenvalue weighted by Crippen LogP contribution is 2.29. The highest BCUT2D eigenvalue weighted by Gasteiger charge is 2.29. The van der Waals surface area contributed by atoms with Crippen LogP contribution in [0, 0.1) is 19.8 Å². The third kappa shape index (κ3) is 4.06. The van der Waals surface area contributed by atoms with Crippen LogP contribution in [0.3, 0.4) is 0 Å². The number of ether oxygens (including phenoxy) is 1. The van der Waals surface area contributed by atoms with Crippen LogP contribution < -0.4 is 0 Å². The maximum atomic E-state index is 11.8. The van der Waals surface area contributed by atoms with Gasteiger partial charge in [0.15, 0.2) is 0 Å². The van der Waals surface area contributed by atoms with Gasteiger partial charge in [-0.15, -0.1) is 0 Å². The fraction of sp³-hybridized carbons (Fsp3) is 0.562. The topological polar surface area (TPSA) is 46.5 Å². The second-order valence-corrected chi connectivity index (χ2v) is 5.08. The zero-order valence-corrected chi connectivity index (χ0v) is 12.3. The Morgan fingerprint density at radius 2 is 2.05 bits per heavy atom. The minimum absolute atomic E-state index is 0.332. The highest BCUT2D eigenvalue weighted by atomic mass is 16.5. The molecule has 19 heavy (non-hydrogen) atoms. The predicted molar refractivity (Wildman–Crippen MR) is 75.9 cm³/mol. The van der Waals surface area contributed by atoms with Gasteiger partial charge in [0.05, 0.1) is 19.1 Å². The molecule has 0 aliphatic carbocycles. The quantitative estimate of drug-likeness (QED) is 0.802. The first-order chi connectivity index (χ1) is 9.01. The van der Waals surface area contributed by atoms with Crippen molar-refractivity contribution in [1.82, 2.24) is 0 Å². The average Bonchev–Trinajstić information content (AvgIpc) is 2.38. The Balaban J connectivity index is 2.97.